The zero-order valence-corrected chi connectivity index (χ0v) is 14.4. The van der Waals surface area contributed by atoms with Gasteiger partial charge in [0, 0.05) is 12.1 Å². The van der Waals surface area contributed by atoms with Gasteiger partial charge in [-0.2, -0.15) is 0 Å². The first-order chi connectivity index (χ1) is 11.9. The lowest BCUT2D eigenvalue weighted by Crippen LogP contribution is -2.48. The van der Waals surface area contributed by atoms with Crippen LogP contribution in [0.5, 0.6) is 5.75 Å². The van der Waals surface area contributed by atoms with Crippen molar-refractivity contribution in [2.24, 2.45) is 5.92 Å². The number of nitro groups is 1. The van der Waals surface area contributed by atoms with Crippen molar-refractivity contribution >= 4 is 17.6 Å². The molecule has 0 aromatic heterocycles. The predicted molar refractivity (Wildman–Crippen MR) is 91.4 cm³/mol. The Morgan fingerprint density at radius 3 is 2.72 bits per heavy atom. The van der Waals surface area contributed by atoms with Gasteiger partial charge in [-0.05, 0) is 31.7 Å². The highest BCUT2D eigenvalue weighted by Crippen LogP contribution is 2.27. The molecule has 8 nitrogen and oxygen atoms in total. The zero-order chi connectivity index (χ0) is 18.4. The monoisotopic (exact) mass is 349 g/mol. The third-order valence-electron chi connectivity index (χ3n) is 4.49. The third kappa shape index (κ3) is 5.17. The average Bonchev–Trinajstić information content (AvgIpc) is 2.55. The molecule has 0 saturated heterocycles. The number of hydrogen-bond donors (Lipinski definition) is 2. The van der Waals surface area contributed by atoms with Crippen LogP contribution in [-0.4, -0.2) is 29.5 Å². The van der Waals surface area contributed by atoms with Gasteiger partial charge in [-0.3, -0.25) is 20.2 Å². The molecule has 0 aliphatic heterocycles. The Morgan fingerprint density at radius 2 is 2.04 bits per heavy atom. The average molecular weight is 349 g/mol. The minimum atomic E-state index is -0.605. The van der Waals surface area contributed by atoms with Gasteiger partial charge >= 0.3 is 6.03 Å². The Balaban J connectivity index is 1.83. The lowest BCUT2D eigenvalue weighted by atomic mass is 9.86. The lowest BCUT2D eigenvalue weighted by Gasteiger charge is -2.29. The maximum absolute atomic E-state index is 11.9. The van der Waals surface area contributed by atoms with E-state index in [2.05, 4.69) is 17.6 Å². The van der Waals surface area contributed by atoms with E-state index in [-0.39, 0.29) is 17.5 Å². The normalized spacial score (nSPS) is 19.8. The summed E-state index contributed by atoms with van der Waals surface area (Å²) in [5.41, 5.74) is 0.253. The molecule has 2 rings (SSSR count). The van der Waals surface area contributed by atoms with E-state index < -0.39 is 23.5 Å². The number of imide groups is 1. The van der Waals surface area contributed by atoms with E-state index in [0.29, 0.717) is 11.5 Å². The second-order valence-corrected chi connectivity index (χ2v) is 6.34. The lowest BCUT2D eigenvalue weighted by molar-refractivity contribution is -0.385. The fraction of sp³-hybridized carbons (Fsp3) is 0.529. The van der Waals surface area contributed by atoms with Crippen molar-refractivity contribution in [3.05, 3.63) is 33.9 Å². The summed E-state index contributed by atoms with van der Waals surface area (Å²) in [6.07, 6.45) is 4.20. The van der Waals surface area contributed by atoms with Crippen LogP contribution in [0.3, 0.4) is 0 Å². The number of carbonyl (C=O) groups is 2. The first kappa shape index (κ1) is 18.7. The van der Waals surface area contributed by atoms with E-state index in [4.69, 9.17) is 4.74 Å². The van der Waals surface area contributed by atoms with Gasteiger partial charge in [0.2, 0.25) is 0 Å². The maximum atomic E-state index is 11.9. The maximum Gasteiger partial charge on any atom is 0.321 e. The molecule has 1 aliphatic rings. The summed E-state index contributed by atoms with van der Waals surface area (Å²) in [7, 11) is 0. The number of amides is 3. The molecule has 8 heteroatoms. The predicted octanol–water partition coefficient (Wildman–Crippen LogP) is 2.69. The Morgan fingerprint density at radius 1 is 1.32 bits per heavy atom. The van der Waals surface area contributed by atoms with E-state index in [1.807, 2.05) is 0 Å². The van der Waals surface area contributed by atoms with Gasteiger partial charge in [0.25, 0.3) is 11.6 Å². The van der Waals surface area contributed by atoms with Gasteiger partial charge in [-0.25, -0.2) is 4.79 Å². The Kier molecular flexibility index (Phi) is 6.32. The van der Waals surface area contributed by atoms with Crippen molar-refractivity contribution in [3.63, 3.8) is 0 Å². The van der Waals surface area contributed by atoms with Crippen LogP contribution in [0.15, 0.2) is 18.2 Å². The van der Waals surface area contributed by atoms with Crippen LogP contribution < -0.4 is 15.4 Å². The SMILES string of the molecule is Cc1c(OCC(=O)NC(=O)NC2CCCCC2C)cccc1[N+](=O)[O-]. The number of urea groups is 1. The summed E-state index contributed by atoms with van der Waals surface area (Å²) in [5.74, 6) is 0.0240. The number of nitrogens with one attached hydrogen (secondary N) is 2. The minimum Gasteiger partial charge on any atom is -0.483 e. The molecule has 1 aromatic rings. The number of hydrogen-bond acceptors (Lipinski definition) is 5. The minimum absolute atomic E-state index is 0.0708. The Hall–Kier alpha value is -2.64. The second-order valence-electron chi connectivity index (χ2n) is 6.34. The van der Waals surface area contributed by atoms with Gasteiger partial charge < -0.3 is 10.1 Å². The van der Waals surface area contributed by atoms with Crippen molar-refractivity contribution in [1.82, 2.24) is 10.6 Å². The van der Waals surface area contributed by atoms with Crippen molar-refractivity contribution in [1.29, 1.82) is 0 Å². The van der Waals surface area contributed by atoms with Crippen LogP contribution in [-0.2, 0) is 4.79 Å². The summed E-state index contributed by atoms with van der Waals surface area (Å²) in [4.78, 5) is 34.1. The molecule has 136 valence electrons. The van der Waals surface area contributed by atoms with Crippen LogP contribution in [0.25, 0.3) is 0 Å². The van der Waals surface area contributed by atoms with E-state index in [1.165, 1.54) is 12.1 Å². The molecule has 2 unspecified atom stereocenters. The number of nitrogens with zero attached hydrogens (tertiary/aromatic N) is 1. The quantitative estimate of drug-likeness (QED) is 0.627. The molecule has 1 aliphatic carbocycles. The molecular weight excluding hydrogens is 326 g/mol. The number of rotatable bonds is 5. The van der Waals surface area contributed by atoms with Crippen molar-refractivity contribution in [2.75, 3.05) is 6.61 Å². The highest BCUT2D eigenvalue weighted by molar-refractivity contribution is 5.95. The number of carbonyl (C=O) groups excluding carboxylic acids is 2. The fourth-order valence-corrected chi connectivity index (χ4v) is 3.00. The molecule has 1 saturated carbocycles. The molecular formula is C17H23N3O5. The van der Waals surface area contributed by atoms with E-state index in [1.54, 1.807) is 13.0 Å². The molecule has 0 bridgehead atoms. The second kappa shape index (κ2) is 8.46. The van der Waals surface area contributed by atoms with Gasteiger partial charge in [0.15, 0.2) is 6.61 Å². The molecule has 1 aromatic carbocycles. The molecule has 2 N–H and O–H groups in total. The molecule has 0 heterocycles. The van der Waals surface area contributed by atoms with Crippen LogP contribution in [0.4, 0.5) is 10.5 Å². The van der Waals surface area contributed by atoms with E-state index >= 15 is 0 Å². The molecule has 2 atom stereocenters. The number of benzene rings is 1. The third-order valence-corrected chi connectivity index (χ3v) is 4.49. The Labute approximate surface area is 146 Å². The largest absolute Gasteiger partial charge is 0.483 e. The molecule has 0 spiro atoms. The molecule has 1 fully saturated rings. The summed E-state index contributed by atoms with van der Waals surface area (Å²) < 4.78 is 5.30. The van der Waals surface area contributed by atoms with E-state index in [0.717, 1.165) is 25.7 Å². The van der Waals surface area contributed by atoms with Crippen molar-refractivity contribution in [3.8, 4) is 5.75 Å². The topological polar surface area (TPSA) is 111 Å². The number of nitro benzene ring substituents is 1. The first-order valence-corrected chi connectivity index (χ1v) is 8.35. The summed E-state index contributed by atoms with van der Waals surface area (Å²) in [6, 6.07) is 3.92. The zero-order valence-electron chi connectivity index (χ0n) is 14.4. The first-order valence-electron chi connectivity index (χ1n) is 8.35. The summed E-state index contributed by atoms with van der Waals surface area (Å²) >= 11 is 0. The highest BCUT2D eigenvalue weighted by Gasteiger charge is 2.23. The highest BCUT2D eigenvalue weighted by atomic mass is 16.6. The molecule has 0 radical (unpaired) electrons. The van der Waals surface area contributed by atoms with Crippen LogP contribution in [0.2, 0.25) is 0 Å². The van der Waals surface area contributed by atoms with Gasteiger partial charge in [0.05, 0.1) is 10.5 Å². The summed E-state index contributed by atoms with van der Waals surface area (Å²) in [6.45, 7) is 3.23. The van der Waals surface area contributed by atoms with Crippen molar-refractivity contribution < 1.29 is 19.2 Å². The van der Waals surface area contributed by atoms with Gasteiger partial charge in [-0.1, -0.05) is 25.8 Å². The van der Waals surface area contributed by atoms with Crippen LogP contribution >= 0.6 is 0 Å². The van der Waals surface area contributed by atoms with Crippen LogP contribution in [0.1, 0.15) is 38.2 Å². The number of ether oxygens (including phenoxy) is 1. The van der Waals surface area contributed by atoms with Crippen LogP contribution in [0, 0.1) is 23.0 Å². The molecule has 25 heavy (non-hydrogen) atoms. The summed E-state index contributed by atoms with van der Waals surface area (Å²) in [5, 5.41) is 15.9. The molecule has 3 amide bonds. The van der Waals surface area contributed by atoms with E-state index in [9.17, 15) is 19.7 Å². The fourth-order valence-electron chi connectivity index (χ4n) is 3.00. The van der Waals surface area contributed by atoms with Crippen molar-refractivity contribution in [2.45, 2.75) is 45.6 Å². The standard InChI is InChI=1S/C17H23N3O5/c1-11-6-3-4-7-13(11)18-17(22)19-16(21)10-25-15-9-5-8-14(12(15)2)20(23)24/h5,8-9,11,13H,3-4,6-7,10H2,1-2H3,(H2,18,19,21,22). The van der Waals surface area contributed by atoms with Gasteiger partial charge in [0.1, 0.15) is 5.75 Å². The van der Waals surface area contributed by atoms with Gasteiger partial charge in [-0.15, -0.1) is 0 Å². The smallest absolute Gasteiger partial charge is 0.321 e. The Bertz CT molecular complexity index is 662.